The minimum atomic E-state index is -1.18. The first kappa shape index (κ1) is 11.7. The summed E-state index contributed by atoms with van der Waals surface area (Å²) in [6.07, 6.45) is 2.49. The average Bonchev–Trinajstić information content (AvgIpc) is 2.39. The Labute approximate surface area is 99.0 Å². The van der Waals surface area contributed by atoms with Gasteiger partial charge in [0.2, 0.25) is 6.04 Å². The van der Waals surface area contributed by atoms with Gasteiger partial charge in [-0.3, -0.25) is 10.1 Å². The van der Waals surface area contributed by atoms with Crippen LogP contribution in [0.5, 0.6) is 0 Å². The molecule has 1 fully saturated rings. The molecule has 0 spiro atoms. The van der Waals surface area contributed by atoms with E-state index >= 15 is 0 Å². The van der Waals surface area contributed by atoms with Crippen molar-refractivity contribution in [2.24, 2.45) is 5.18 Å². The van der Waals surface area contributed by atoms with Crippen molar-refractivity contribution in [1.82, 2.24) is 0 Å². The first-order chi connectivity index (χ1) is 8.20. The van der Waals surface area contributed by atoms with Crippen LogP contribution in [0, 0.1) is 15.0 Å². The van der Waals surface area contributed by atoms with Crippen LogP contribution in [0.15, 0.2) is 35.5 Å². The average molecular weight is 234 g/mol. The van der Waals surface area contributed by atoms with Gasteiger partial charge in [-0.25, -0.2) is 0 Å². The fourth-order valence-corrected chi connectivity index (χ4v) is 2.64. The predicted octanol–water partition coefficient (Wildman–Crippen LogP) is 2.87. The smallest absolute Gasteiger partial charge is 0.245 e. The molecule has 90 valence electrons. The van der Waals surface area contributed by atoms with Gasteiger partial charge in [0.05, 0.1) is 0 Å². The number of hydrogen-bond acceptors (Lipinski definition) is 4. The van der Waals surface area contributed by atoms with Crippen molar-refractivity contribution in [2.75, 3.05) is 0 Å². The van der Waals surface area contributed by atoms with Gasteiger partial charge in [-0.2, -0.15) is 0 Å². The van der Waals surface area contributed by atoms with Crippen LogP contribution >= 0.6 is 0 Å². The van der Waals surface area contributed by atoms with Gasteiger partial charge in [0.15, 0.2) is 5.54 Å². The summed E-state index contributed by atoms with van der Waals surface area (Å²) >= 11 is 0. The van der Waals surface area contributed by atoms with E-state index in [1.54, 1.807) is 24.3 Å². The molecule has 2 rings (SSSR count). The molecule has 1 aromatic rings. The summed E-state index contributed by atoms with van der Waals surface area (Å²) in [5, 5.41) is 14.3. The fourth-order valence-electron chi connectivity index (χ4n) is 2.64. The number of hydrogen-bond donors (Lipinski definition) is 0. The molecule has 0 bridgehead atoms. The van der Waals surface area contributed by atoms with Crippen molar-refractivity contribution in [3.8, 4) is 0 Å². The Balaban J connectivity index is 2.47. The molecule has 0 N–H and O–H groups in total. The van der Waals surface area contributed by atoms with Gasteiger partial charge in [-0.15, -0.1) is 4.91 Å². The molecule has 0 aliphatic heterocycles. The summed E-state index contributed by atoms with van der Waals surface area (Å²) < 4.78 is 0. The van der Waals surface area contributed by atoms with Crippen LogP contribution < -0.4 is 0 Å². The molecular weight excluding hydrogens is 220 g/mol. The van der Waals surface area contributed by atoms with E-state index in [-0.39, 0.29) is 4.92 Å². The quantitative estimate of drug-likeness (QED) is 0.458. The third-order valence-corrected chi connectivity index (χ3v) is 3.53. The first-order valence-corrected chi connectivity index (χ1v) is 5.74. The zero-order valence-corrected chi connectivity index (χ0v) is 9.41. The molecule has 1 aliphatic carbocycles. The molecule has 17 heavy (non-hydrogen) atoms. The maximum atomic E-state index is 11.2. The van der Waals surface area contributed by atoms with E-state index in [2.05, 4.69) is 5.18 Å². The number of nitro groups is 1. The second-order valence-electron chi connectivity index (χ2n) is 4.43. The number of rotatable bonds is 3. The summed E-state index contributed by atoms with van der Waals surface area (Å²) in [6, 6.07) is 8.01. The summed E-state index contributed by atoms with van der Waals surface area (Å²) in [5.41, 5.74) is -0.514. The Morgan fingerprint density at radius 1 is 1.29 bits per heavy atom. The highest BCUT2D eigenvalue weighted by atomic mass is 16.6. The van der Waals surface area contributed by atoms with E-state index in [0.717, 1.165) is 12.8 Å². The SMILES string of the molecule is O=N[C@@]1(c2ccccc2)CCCC[C@@H]1[N+](=O)[O-]. The maximum Gasteiger partial charge on any atom is 0.245 e. The van der Waals surface area contributed by atoms with E-state index in [9.17, 15) is 15.0 Å². The van der Waals surface area contributed by atoms with Crippen LogP contribution in [-0.4, -0.2) is 11.0 Å². The van der Waals surface area contributed by atoms with Gasteiger partial charge in [-0.1, -0.05) is 35.5 Å². The van der Waals surface area contributed by atoms with Crippen molar-refractivity contribution >= 4 is 0 Å². The summed E-state index contributed by atoms with van der Waals surface area (Å²) in [6.45, 7) is 0. The van der Waals surface area contributed by atoms with Crippen LogP contribution in [0.4, 0.5) is 0 Å². The van der Waals surface area contributed by atoms with Gasteiger partial charge >= 0.3 is 0 Å². The van der Waals surface area contributed by atoms with Crippen LogP contribution in [0.2, 0.25) is 0 Å². The minimum Gasteiger partial charge on any atom is -0.264 e. The summed E-state index contributed by atoms with van der Waals surface area (Å²) in [5.74, 6) is 0. The molecule has 0 saturated heterocycles. The Bertz CT molecular complexity index is 421. The molecule has 0 radical (unpaired) electrons. The molecule has 5 heteroatoms. The Morgan fingerprint density at radius 3 is 2.59 bits per heavy atom. The molecule has 1 saturated carbocycles. The largest absolute Gasteiger partial charge is 0.264 e. The molecule has 1 aliphatic rings. The zero-order valence-electron chi connectivity index (χ0n) is 9.41. The molecule has 2 atom stereocenters. The van der Waals surface area contributed by atoms with E-state index in [0.29, 0.717) is 18.4 Å². The summed E-state index contributed by atoms with van der Waals surface area (Å²) in [7, 11) is 0. The third-order valence-electron chi connectivity index (χ3n) is 3.53. The van der Waals surface area contributed by atoms with Gasteiger partial charge < -0.3 is 0 Å². The Kier molecular flexibility index (Phi) is 3.17. The third kappa shape index (κ3) is 1.92. The normalized spacial score (nSPS) is 28.6. The van der Waals surface area contributed by atoms with Gasteiger partial charge in [0, 0.05) is 11.3 Å². The van der Waals surface area contributed by atoms with Crippen LogP contribution in [-0.2, 0) is 5.54 Å². The molecule has 0 heterocycles. The first-order valence-electron chi connectivity index (χ1n) is 5.74. The maximum absolute atomic E-state index is 11.2. The van der Waals surface area contributed by atoms with Gasteiger partial charge in [0.1, 0.15) is 0 Å². The van der Waals surface area contributed by atoms with Crippen LogP contribution in [0.25, 0.3) is 0 Å². The van der Waals surface area contributed by atoms with E-state index in [1.807, 2.05) is 6.07 Å². The second kappa shape index (κ2) is 4.61. The summed E-state index contributed by atoms with van der Waals surface area (Å²) in [4.78, 5) is 22.0. The van der Waals surface area contributed by atoms with Crippen molar-refractivity contribution in [3.05, 3.63) is 50.9 Å². The molecule has 0 unspecified atom stereocenters. The standard InChI is InChI=1S/C12H14N2O3/c15-13-12(10-6-2-1-3-7-10)9-5-4-8-11(12)14(16)17/h1-3,6-7,11H,4-5,8-9H2/t11-,12+/m0/s1. The lowest BCUT2D eigenvalue weighted by Gasteiger charge is -2.32. The fraction of sp³-hybridized carbons (Fsp3) is 0.500. The molecule has 1 aromatic carbocycles. The van der Waals surface area contributed by atoms with E-state index in [4.69, 9.17) is 0 Å². The predicted molar refractivity (Wildman–Crippen MR) is 63.2 cm³/mol. The molecule has 0 aromatic heterocycles. The highest BCUT2D eigenvalue weighted by Crippen LogP contribution is 2.41. The number of nitrogens with zero attached hydrogens (tertiary/aromatic N) is 2. The molecule has 0 amide bonds. The number of nitroso groups, excluding NO2 is 1. The van der Waals surface area contributed by atoms with Crippen molar-refractivity contribution < 1.29 is 4.92 Å². The molecular formula is C12H14N2O3. The number of benzene rings is 1. The van der Waals surface area contributed by atoms with Crippen molar-refractivity contribution in [3.63, 3.8) is 0 Å². The van der Waals surface area contributed by atoms with E-state index < -0.39 is 11.6 Å². The van der Waals surface area contributed by atoms with Crippen LogP contribution in [0.3, 0.4) is 0 Å². The van der Waals surface area contributed by atoms with Gasteiger partial charge in [-0.05, 0) is 24.8 Å². The van der Waals surface area contributed by atoms with E-state index in [1.165, 1.54) is 0 Å². The monoisotopic (exact) mass is 234 g/mol. The lowest BCUT2D eigenvalue weighted by molar-refractivity contribution is -0.538. The minimum absolute atomic E-state index is 0.354. The molecule has 5 nitrogen and oxygen atoms in total. The van der Waals surface area contributed by atoms with Crippen molar-refractivity contribution in [2.45, 2.75) is 37.3 Å². The van der Waals surface area contributed by atoms with Crippen molar-refractivity contribution in [1.29, 1.82) is 0 Å². The lowest BCUT2D eigenvalue weighted by Crippen LogP contribution is -2.45. The van der Waals surface area contributed by atoms with Gasteiger partial charge in [0.25, 0.3) is 0 Å². The lowest BCUT2D eigenvalue weighted by atomic mass is 9.74. The second-order valence-corrected chi connectivity index (χ2v) is 4.43. The highest BCUT2D eigenvalue weighted by Gasteiger charge is 2.51. The zero-order chi connectivity index (χ0) is 12.3. The Morgan fingerprint density at radius 2 is 2.00 bits per heavy atom. The Hall–Kier alpha value is -1.78. The van der Waals surface area contributed by atoms with Crippen LogP contribution in [0.1, 0.15) is 31.2 Å². The topological polar surface area (TPSA) is 72.6 Å². The highest BCUT2D eigenvalue weighted by molar-refractivity contribution is 5.27.